The molecule has 0 amide bonds. The summed E-state index contributed by atoms with van der Waals surface area (Å²) in [6.07, 6.45) is 8.30. The predicted octanol–water partition coefficient (Wildman–Crippen LogP) is 11.9. The number of aliphatic hydroxyl groups is 1. The summed E-state index contributed by atoms with van der Waals surface area (Å²) >= 11 is 5.49. The summed E-state index contributed by atoms with van der Waals surface area (Å²) in [5.41, 5.74) is -2.16. The van der Waals surface area contributed by atoms with Crippen molar-refractivity contribution in [1.29, 1.82) is 0 Å². The first kappa shape index (κ1) is 79.3. The summed E-state index contributed by atoms with van der Waals surface area (Å²) < 4.78 is 88.5. The van der Waals surface area contributed by atoms with Crippen LogP contribution in [0.2, 0.25) is 39.3 Å². The van der Waals surface area contributed by atoms with E-state index in [2.05, 4.69) is 86.4 Å². The number of carbonyl (C=O) groups excluding carboxylic acids is 6. The van der Waals surface area contributed by atoms with Gasteiger partial charge in [0.15, 0.2) is 0 Å². The fraction of sp³-hybridized carbons (Fsp3) is 0.660. The fourth-order valence-corrected chi connectivity index (χ4v) is 7.62. The van der Waals surface area contributed by atoms with E-state index in [-0.39, 0.29) is 61.9 Å². The zero-order chi connectivity index (χ0) is 58.1. The van der Waals surface area contributed by atoms with Crippen molar-refractivity contribution < 1.29 is 88.7 Å². The maximum Gasteiger partial charge on any atom is 0.336 e. The van der Waals surface area contributed by atoms with Gasteiger partial charge in [0.25, 0.3) is 0 Å². The summed E-state index contributed by atoms with van der Waals surface area (Å²) in [4.78, 5) is 65.6. The van der Waals surface area contributed by atoms with Gasteiger partial charge in [-0.1, -0.05) is 51.9 Å². The van der Waals surface area contributed by atoms with Crippen LogP contribution in [0.3, 0.4) is 0 Å². The van der Waals surface area contributed by atoms with Crippen LogP contribution in [0.1, 0.15) is 99.8 Å². The van der Waals surface area contributed by atoms with Crippen LogP contribution in [0, 0.1) is 10.8 Å². The highest BCUT2D eigenvalue weighted by molar-refractivity contribution is 6.70. The van der Waals surface area contributed by atoms with Crippen LogP contribution in [0.25, 0.3) is 0 Å². The monoisotopic (exact) mass is 1130 g/mol. The van der Waals surface area contributed by atoms with Crippen molar-refractivity contribution in [2.24, 2.45) is 10.8 Å². The summed E-state index contributed by atoms with van der Waals surface area (Å²) in [6, 6.07) is 0. The van der Waals surface area contributed by atoms with Gasteiger partial charge >= 0.3 is 29.8 Å². The van der Waals surface area contributed by atoms with Crippen molar-refractivity contribution in [1.82, 2.24) is 0 Å². The molecule has 3 aliphatic rings. The Hall–Kier alpha value is -4.58. The second-order valence-electron chi connectivity index (χ2n) is 18.1. The van der Waals surface area contributed by atoms with Crippen molar-refractivity contribution in [3.05, 3.63) is 73.3 Å². The number of ketones is 1. The quantitative estimate of drug-likeness (QED) is 0.0176. The molecule has 0 spiro atoms. The van der Waals surface area contributed by atoms with E-state index in [4.69, 9.17) is 39.8 Å². The molecular formula is C53H91ClF4O15Si2. The van der Waals surface area contributed by atoms with Gasteiger partial charge in [-0.15, -0.1) is 0 Å². The Morgan fingerprint density at radius 1 is 0.693 bits per heavy atom. The van der Waals surface area contributed by atoms with E-state index in [0.29, 0.717) is 63.9 Å². The molecular weight excluding hydrogens is 1040 g/mol. The zero-order valence-corrected chi connectivity index (χ0v) is 48.7. The van der Waals surface area contributed by atoms with E-state index in [1.54, 1.807) is 40.7 Å². The highest BCUT2D eigenvalue weighted by Crippen LogP contribution is 2.39. The predicted molar refractivity (Wildman–Crippen MR) is 292 cm³/mol. The van der Waals surface area contributed by atoms with Crippen LogP contribution in [-0.4, -0.2) is 136 Å². The van der Waals surface area contributed by atoms with Gasteiger partial charge in [0.05, 0.1) is 73.3 Å². The molecule has 2 aliphatic carbocycles. The van der Waals surface area contributed by atoms with Crippen molar-refractivity contribution in [3.8, 4) is 0 Å². The molecule has 1 heterocycles. The minimum Gasteiger partial charge on any atom is -0.548 e. The first-order chi connectivity index (χ1) is 34.5. The topological polar surface area (TPSA) is 196 Å². The van der Waals surface area contributed by atoms with Gasteiger partial charge in [0.1, 0.15) is 43.5 Å². The van der Waals surface area contributed by atoms with Crippen LogP contribution < -0.4 is 0 Å². The van der Waals surface area contributed by atoms with E-state index in [9.17, 15) is 46.3 Å². The molecule has 2 unspecified atom stereocenters. The molecule has 22 heteroatoms. The van der Waals surface area contributed by atoms with Gasteiger partial charge in [-0.3, -0.25) is 14.4 Å². The Kier molecular flexibility index (Phi) is 47.1. The van der Waals surface area contributed by atoms with Crippen LogP contribution in [0.4, 0.5) is 17.6 Å². The molecule has 0 bridgehead atoms. The van der Waals surface area contributed by atoms with E-state index >= 15 is 0 Å². The summed E-state index contributed by atoms with van der Waals surface area (Å²) in [7, 11) is -3.03. The van der Waals surface area contributed by atoms with Gasteiger partial charge < -0.3 is 42.4 Å². The average molecular weight is 1140 g/mol. The number of Topliss-reactive ketones (excluding diaryl/α,β-unsaturated/α-hetero) is 1. The number of halogens is 5. The Morgan fingerprint density at radius 3 is 1.35 bits per heavy atom. The highest BCUT2D eigenvalue weighted by Gasteiger charge is 2.43. The summed E-state index contributed by atoms with van der Waals surface area (Å²) in [5, 5.41) is 8.33. The minimum absolute atomic E-state index is 0. The Balaban J connectivity index is -0.000000261. The van der Waals surface area contributed by atoms with Crippen molar-refractivity contribution in [2.45, 2.75) is 145 Å². The molecule has 15 nitrogen and oxygen atoms in total. The lowest BCUT2D eigenvalue weighted by Gasteiger charge is -2.33. The molecule has 1 saturated carbocycles. The third-order valence-electron chi connectivity index (χ3n) is 9.45. The van der Waals surface area contributed by atoms with Gasteiger partial charge in [-0.2, -0.15) is 0 Å². The number of ether oxygens (including phenoxy) is 6. The van der Waals surface area contributed by atoms with E-state index < -0.39 is 84.0 Å². The van der Waals surface area contributed by atoms with Gasteiger partial charge in [-0.25, -0.2) is 31.9 Å². The fourth-order valence-electron chi connectivity index (χ4n) is 5.54. The largest absolute Gasteiger partial charge is 0.548 e. The molecule has 1 N–H and O–H groups in total. The molecule has 1 saturated heterocycles. The van der Waals surface area contributed by atoms with Crippen molar-refractivity contribution in [2.75, 3.05) is 72.9 Å². The molecule has 0 aromatic carbocycles. The summed E-state index contributed by atoms with van der Waals surface area (Å²) in [5.74, 6) is -1.04. The van der Waals surface area contributed by atoms with Crippen molar-refractivity contribution in [3.63, 3.8) is 0 Å². The lowest BCUT2D eigenvalue weighted by Crippen LogP contribution is -2.39. The molecule has 0 aromatic heterocycles. The molecule has 436 valence electrons. The van der Waals surface area contributed by atoms with E-state index in [1.807, 2.05) is 6.08 Å². The third kappa shape index (κ3) is 39.5. The van der Waals surface area contributed by atoms with E-state index in [0.717, 1.165) is 25.2 Å². The third-order valence-corrected chi connectivity index (χ3v) is 11.5. The Morgan fingerprint density at radius 2 is 1.09 bits per heavy atom. The van der Waals surface area contributed by atoms with Crippen LogP contribution in [0.5, 0.6) is 0 Å². The summed E-state index contributed by atoms with van der Waals surface area (Å²) in [6.45, 7) is 36.7. The van der Waals surface area contributed by atoms with Gasteiger partial charge in [0, 0.05) is 25.9 Å². The first-order valence-electron chi connectivity index (χ1n) is 24.4. The first-order valence-corrected chi connectivity index (χ1v) is 31.6. The number of hydrogen-bond donors (Lipinski definition) is 1. The number of alkyl halides is 5. The van der Waals surface area contributed by atoms with Crippen LogP contribution in [-0.2, 0) is 66.0 Å². The number of allylic oxidation sites excluding steroid dienone is 3. The Bertz CT molecular complexity index is 1700. The van der Waals surface area contributed by atoms with E-state index in [1.165, 1.54) is 0 Å². The van der Waals surface area contributed by atoms with Crippen LogP contribution >= 0.6 is 11.6 Å². The maximum absolute atomic E-state index is 13.2. The lowest BCUT2D eigenvalue weighted by atomic mass is 9.74. The maximum atomic E-state index is 13.2. The number of rotatable bonds is 20. The number of aliphatic hydroxyl groups excluding tert-OH is 1. The number of hydrogen-bond acceptors (Lipinski definition) is 15. The van der Waals surface area contributed by atoms with Crippen molar-refractivity contribution >= 4 is 63.9 Å². The van der Waals surface area contributed by atoms with Gasteiger partial charge in [0.2, 0.25) is 16.6 Å². The minimum atomic E-state index is -1.62. The number of esters is 5. The van der Waals surface area contributed by atoms with Gasteiger partial charge in [-0.05, 0) is 125 Å². The highest BCUT2D eigenvalue weighted by atomic mass is 35.5. The molecule has 2 atom stereocenters. The molecule has 0 radical (unpaired) electrons. The molecule has 75 heavy (non-hydrogen) atoms. The Labute approximate surface area is 452 Å². The van der Waals surface area contributed by atoms with Crippen LogP contribution in [0.15, 0.2) is 73.3 Å². The molecule has 3 rings (SSSR count). The molecule has 0 aromatic rings. The normalized spacial score (nSPS) is 16.8. The smallest absolute Gasteiger partial charge is 0.336 e. The zero-order valence-electron chi connectivity index (χ0n) is 46.0. The number of carbonyl (C=O) groups is 6. The molecule has 1 aliphatic heterocycles. The SMILES string of the molecule is C.C=C(CF)C(=O)OCC.C=C(CF)C(=O)OCC.C=C(CO)C(=O)OCC.C=CC(=C)O[Si](C)(C)C.CCOC(=O)C1(CF)CC=C(O[Si](C)(C)C)CC1.CCOC(=O)C1(CF)CCC(=O)CC1.ClC1CCCO1. The standard InChI is InChI=1S/C13H23FO3Si.C10H15FO3.C7H14OSi.2C6H9FO2.C6H10O3.C4H7ClO.CH4/c1-5-16-12(15)13(10-14)8-6-11(7-9-13)17-18(2,3)4;1-2-14-9(13)10(7-11)5-3-8(12)4-6-10;1-6-7(2)8-9(3,4)5;3*1-3-9-6(8)5(2)4-7;5-4-2-1-3-6-4;/h6H,5,7-10H2,1-4H3;2-7H2,1H3;6H,1-2H2,3-5H3;2*2-4H2,1H3;7H,2-4H2,1H3;4H,1-3H2;1H4. The average Bonchev–Trinajstić information content (AvgIpc) is 3.85. The second-order valence-corrected chi connectivity index (χ2v) is 27.4. The molecule has 2 fully saturated rings. The lowest BCUT2D eigenvalue weighted by molar-refractivity contribution is -0.159. The second kappa shape index (κ2) is 44.5.